The second-order valence-electron chi connectivity index (χ2n) is 4.53. The van der Waals surface area contributed by atoms with Gasteiger partial charge < -0.3 is 5.11 Å². The molecule has 0 radical (unpaired) electrons. The van der Waals surface area contributed by atoms with E-state index in [-0.39, 0.29) is 18.3 Å². The highest BCUT2D eigenvalue weighted by molar-refractivity contribution is 7.89. The smallest absolute Gasteiger partial charge is 0.212 e. The minimum absolute atomic E-state index is 0.0253. The van der Waals surface area contributed by atoms with Gasteiger partial charge in [-0.3, -0.25) is 0 Å². The van der Waals surface area contributed by atoms with Crippen LogP contribution in [0.25, 0.3) is 0 Å². The van der Waals surface area contributed by atoms with Crippen molar-refractivity contribution in [3.63, 3.8) is 0 Å². The SMILES string of the molecule is CCC(C)(CCO)NS(=O)(=O)CC(C)CCl. The molecule has 0 amide bonds. The van der Waals surface area contributed by atoms with E-state index in [0.717, 1.165) is 0 Å². The Bertz CT molecular complexity index is 294. The van der Waals surface area contributed by atoms with Gasteiger partial charge in [0.25, 0.3) is 0 Å². The summed E-state index contributed by atoms with van der Waals surface area (Å²) in [6.07, 6.45) is 1.06. The zero-order valence-corrected chi connectivity index (χ0v) is 11.7. The molecule has 2 unspecified atom stereocenters. The highest BCUT2D eigenvalue weighted by atomic mass is 35.5. The van der Waals surface area contributed by atoms with Crippen molar-refractivity contribution in [3.05, 3.63) is 0 Å². The first-order valence-corrected chi connectivity index (χ1v) is 7.65. The fourth-order valence-electron chi connectivity index (χ4n) is 1.38. The molecule has 2 atom stereocenters. The minimum Gasteiger partial charge on any atom is -0.396 e. The van der Waals surface area contributed by atoms with E-state index in [9.17, 15) is 8.42 Å². The van der Waals surface area contributed by atoms with Crippen LogP contribution >= 0.6 is 11.6 Å². The van der Waals surface area contributed by atoms with Gasteiger partial charge in [0.05, 0.1) is 5.75 Å². The maximum Gasteiger partial charge on any atom is 0.212 e. The van der Waals surface area contributed by atoms with E-state index in [1.54, 1.807) is 13.8 Å². The number of aliphatic hydroxyl groups is 1. The Morgan fingerprint density at radius 1 is 1.50 bits per heavy atom. The molecular weight excluding hydrogens is 250 g/mol. The molecule has 16 heavy (non-hydrogen) atoms. The number of halogens is 1. The summed E-state index contributed by atoms with van der Waals surface area (Å²) >= 11 is 5.59. The lowest BCUT2D eigenvalue weighted by Crippen LogP contribution is -2.47. The molecular formula is C10H22ClNO3S. The summed E-state index contributed by atoms with van der Waals surface area (Å²) in [4.78, 5) is 0. The summed E-state index contributed by atoms with van der Waals surface area (Å²) in [7, 11) is -3.33. The number of sulfonamides is 1. The summed E-state index contributed by atoms with van der Waals surface area (Å²) in [5, 5.41) is 8.90. The standard InChI is InChI=1S/C10H22ClNO3S/c1-4-10(3,5-6-13)12-16(14,15)8-9(2)7-11/h9,12-13H,4-8H2,1-3H3. The van der Waals surface area contributed by atoms with Crippen LogP contribution in [-0.4, -0.2) is 37.3 Å². The molecule has 2 N–H and O–H groups in total. The summed E-state index contributed by atoms with van der Waals surface area (Å²) < 4.78 is 26.2. The molecule has 6 heteroatoms. The van der Waals surface area contributed by atoms with Crippen molar-refractivity contribution in [2.75, 3.05) is 18.2 Å². The van der Waals surface area contributed by atoms with Crippen molar-refractivity contribution in [2.45, 2.75) is 39.2 Å². The Labute approximate surface area is 103 Å². The fraction of sp³-hybridized carbons (Fsp3) is 1.00. The average molecular weight is 272 g/mol. The number of nitrogens with one attached hydrogen (secondary N) is 1. The van der Waals surface area contributed by atoms with Gasteiger partial charge in [-0.1, -0.05) is 13.8 Å². The summed E-state index contributed by atoms with van der Waals surface area (Å²) in [5.41, 5.74) is -0.570. The topological polar surface area (TPSA) is 66.4 Å². The van der Waals surface area contributed by atoms with Gasteiger partial charge >= 0.3 is 0 Å². The molecule has 4 nitrogen and oxygen atoms in total. The predicted octanol–water partition coefficient (Wildman–Crippen LogP) is 1.33. The van der Waals surface area contributed by atoms with Crippen LogP contribution in [0.2, 0.25) is 0 Å². The van der Waals surface area contributed by atoms with Crippen LogP contribution in [0.1, 0.15) is 33.6 Å². The number of hydrogen-bond acceptors (Lipinski definition) is 3. The lowest BCUT2D eigenvalue weighted by atomic mass is 9.97. The van der Waals surface area contributed by atoms with E-state index in [1.807, 2.05) is 6.92 Å². The number of alkyl halides is 1. The van der Waals surface area contributed by atoms with E-state index in [2.05, 4.69) is 4.72 Å². The van der Waals surface area contributed by atoms with Crippen LogP contribution in [0.4, 0.5) is 0 Å². The molecule has 0 rings (SSSR count). The monoisotopic (exact) mass is 271 g/mol. The Kier molecular flexibility index (Phi) is 6.86. The van der Waals surface area contributed by atoms with Gasteiger partial charge in [0.2, 0.25) is 10.0 Å². The maximum absolute atomic E-state index is 11.8. The molecule has 0 fully saturated rings. The molecule has 0 aliphatic heterocycles. The molecule has 98 valence electrons. The quantitative estimate of drug-likeness (QED) is 0.655. The van der Waals surface area contributed by atoms with Crippen LogP contribution < -0.4 is 4.72 Å². The van der Waals surface area contributed by atoms with Gasteiger partial charge in [-0.15, -0.1) is 11.6 Å². The summed E-state index contributed by atoms with van der Waals surface area (Å²) in [6, 6.07) is 0. The number of rotatable bonds is 8. The highest BCUT2D eigenvalue weighted by Crippen LogP contribution is 2.16. The lowest BCUT2D eigenvalue weighted by Gasteiger charge is -2.29. The molecule has 0 aromatic carbocycles. The van der Waals surface area contributed by atoms with Crippen molar-refractivity contribution in [1.82, 2.24) is 4.72 Å². The van der Waals surface area contributed by atoms with E-state index < -0.39 is 15.6 Å². The van der Waals surface area contributed by atoms with Gasteiger partial charge in [-0.2, -0.15) is 0 Å². The first kappa shape index (κ1) is 16.2. The molecule has 0 saturated heterocycles. The van der Waals surface area contributed by atoms with E-state index in [4.69, 9.17) is 16.7 Å². The van der Waals surface area contributed by atoms with Crippen molar-refractivity contribution in [3.8, 4) is 0 Å². The van der Waals surface area contributed by atoms with Gasteiger partial charge in [0, 0.05) is 18.0 Å². The molecule has 0 aromatic rings. The van der Waals surface area contributed by atoms with Gasteiger partial charge in [-0.25, -0.2) is 13.1 Å². The first-order valence-electron chi connectivity index (χ1n) is 5.47. The third-order valence-electron chi connectivity index (χ3n) is 2.61. The predicted molar refractivity (Wildman–Crippen MR) is 67.2 cm³/mol. The van der Waals surface area contributed by atoms with Gasteiger partial charge in [-0.05, 0) is 25.7 Å². The lowest BCUT2D eigenvalue weighted by molar-refractivity contribution is 0.233. The Morgan fingerprint density at radius 2 is 2.06 bits per heavy atom. The van der Waals surface area contributed by atoms with Crippen LogP contribution in [0.15, 0.2) is 0 Å². The summed E-state index contributed by atoms with van der Waals surface area (Å²) in [5.74, 6) is 0.274. The van der Waals surface area contributed by atoms with Crippen molar-refractivity contribution in [1.29, 1.82) is 0 Å². The minimum atomic E-state index is -3.33. The Hall–Kier alpha value is 0.160. The summed E-state index contributed by atoms with van der Waals surface area (Å²) in [6.45, 7) is 5.45. The Morgan fingerprint density at radius 3 is 2.44 bits per heavy atom. The molecule has 0 bridgehead atoms. The van der Waals surface area contributed by atoms with E-state index in [0.29, 0.717) is 18.7 Å². The molecule has 0 aliphatic rings. The highest BCUT2D eigenvalue weighted by Gasteiger charge is 2.28. The van der Waals surface area contributed by atoms with Gasteiger partial charge in [0.15, 0.2) is 0 Å². The first-order chi connectivity index (χ1) is 7.28. The third kappa shape index (κ3) is 6.03. The van der Waals surface area contributed by atoms with Crippen molar-refractivity contribution in [2.24, 2.45) is 5.92 Å². The number of aliphatic hydroxyl groups excluding tert-OH is 1. The fourth-order valence-corrected chi connectivity index (χ4v) is 3.57. The van der Waals surface area contributed by atoms with E-state index >= 15 is 0 Å². The largest absolute Gasteiger partial charge is 0.396 e. The third-order valence-corrected chi connectivity index (χ3v) is 4.95. The second kappa shape index (κ2) is 6.79. The van der Waals surface area contributed by atoms with Crippen molar-refractivity contribution >= 4 is 21.6 Å². The molecule has 0 heterocycles. The normalized spacial score (nSPS) is 18.1. The number of hydrogen-bond donors (Lipinski definition) is 2. The molecule has 0 aromatic heterocycles. The van der Waals surface area contributed by atoms with Gasteiger partial charge in [0.1, 0.15) is 0 Å². The zero-order valence-electron chi connectivity index (χ0n) is 10.2. The Balaban J connectivity index is 4.55. The second-order valence-corrected chi connectivity index (χ2v) is 6.61. The van der Waals surface area contributed by atoms with E-state index in [1.165, 1.54) is 0 Å². The maximum atomic E-state index is 11.8. The molecule has 0 aliphatic carbocycles. The molecule has 0 spiro atoms. The molecule has 0 saturated carbocycles. The van der Waals surface area contributed by atoms with Crippen LogP contribution in [0.5, 0.6) is 0 Å². The zero-order chi connectivity index (χ0) is 12.8. The average Bonchev–Trinajstić information content (AvgIpc) is 2.16. The van der Waals surface area contributed by atoms with Crippen LogP contribution in [-0.2, 0) is 10.0 Å². The van der Waals surface area contributed by atoms with Crippen LogP contribution in [0.3, 0.4) is 0 Å². The van der Waals surface area contributed by atoms with Crippen molar-refractivity contribution < 1.29 is 13.5 Å². The van der Waals surface area contributed by atoms with Crippen LogP contribution in [0, 0.1) is 5.92 Å².